The van der Waals surface area contributed by atoms with Crippen molar-refractivity contribution in [2.75, 3.05) is 13.2 Å². The molecule has 3 N–H and O–H groups in total. The lowest BCUT2D eigenvalue weighted by Crippen LogP contribution is -2.29. The number of esters is 2. The number of carbonyl (C=O) groups is 2. The van der Waals surface area contributed by atoms with Gasteiger partial charge in [-0.25, -0.2) is 4.57 Å². The molecule has 0 aliphatic rings. The van der Waals surface area contributed by atoms with Crippen molar-refractivity contribution in [2.45, 2.75) is 122 Å². The SMILES string of the molecule is CCCCCCCCCC(=O)O[C@H](COC(=O)CCC/C=C\C/C=C\C/C=C\C/C=C\C=C\[C@@H](O)CC)COP(=O)(O)O. The molecule has 0 aliphatic heterocycles. The maximum atomic E-state index is 12.2. The number of aliphatic hydroxyl groups is 1. The fraction of sp³-hybridized carbons (Fsp3) is 0.636. The van der Waals surface area contributed by atoms with Crippen LogP contribution in [0.2, 0.25) is 0 Å². The summed E-state index contributed by atoms with van der Waals surface area (Å²) in [6.45, 7) is 3.20. The molecule has 0 rings (SSSR count). The van der Waals surface area contributed by atoms with E-state index in [9.17, 15) is 19.3 Å². The molecule has 0 unspecified atom stereocenters. The zero-order chi connectivity index (χ0) is 32.0. The zero-order valence-corrected chi connectivity index (χ0v) is 27.1. The van der Waals surface area contributed by atoms with E-state index in [1.54, 1.807) is 6.08 Å². The lowest BCUT2D eigenvalue weighted by atomic mass is 10.1. The quantitative estimate of drug-likeness (QED) is 0.0277. The van der Waals surface area contributed by atoms with Gasteiger partial charge in [0.1, 0.15) is 6.61 Å². The van der Waals surface area contributed by atoms with Crippen LogP contribution in [0.15, 0.2) is 60.8 Å². The van der Waals surface area contributed by atoms with Crippen LogP contribution in [-0.2, 0) is 28.2 Å². The summed E-state index contributed by atoms with van der Waals surface area (Å²) in [5.74, 6) is -0.988. The fourth-order valence-corrected chi connectivity index (χ4v) is 4.07. The first kappa shape index (κ1) is 40.7. The van der Waals surface area contributed by atoms with E-state index < -0.39 is 32.5 Å². The number of hydrogen-bond acceptors (Lipinski definition) is 7. The van der Waals surface area contributed by atoms with Gasteiger partial charge in [-0.15, -0.1) is 0 Å². The summed E-state index contributed by atoms with van der Waals surface area (Å²) in [7, 11) is -4.76. The predicted octanol–water partition coefficient (Wildman–Crippen LogP) is 7.58. The van der Waals surface area contributed by atoms with Gasteiger partial charge in [0.2, 0.25) is 0 Å². The Morgan fingerprint density at radius 1 is 0.721 bits per heavy atom. The van der Waals surface area contributed by atoms with E-state index in [2.05, 4.69) is 35.8 Å². The smallest absolute Gasteiger partial charge is 0.462 e. The molecule has 0 fully saturated rings. The van der Waals surface area contributed by atoms with Crippen LogP contribution in [0.3, 0.4) is 0 Å². The van der Waals surface area contributed by atoms with Gasteiger partial charge in [0.15, 0.2) is 6.10 Å². The van der Waals surface area contributed by atoms with Crippen molar-refractivity contribution in [3.05, 3.63) is 60.8 Å². The van der Waals surface area contributed by atoms with Gasteiger partial charge in [0.25, 0.3) is 0 Å². The van der Waals surface area contributed by atoms with Crippen LogP contribution in [0.25, 0.3) is 0 Å². The van der Waals surface area contributed by atoms with Crippen LogP contribution in [-0.4, -0.2) is 52.3 Å². The van der Waals surface area contributed by atoms with Crippen LogP contribution < -0.4 is 0 Å². The molecular weight excluding hydrogens is 571 g/mol. The van der Waals surface area contributed by atoms with E-state index in [0.717, 1.165) is 38.5 Å². The minimum atomic E-state index is -4.76. The molecule has 43 heavy (non-hydrogen) atoms. The number of phosphoric ester groups is 1. The Morgan fingerprint density at radius 2 is 1.30 bits per heavy atom. The van der Waals surface area contributed by atoms with Crippen LogP contribution in [0, 0.1) is 0 Å². The number of aliphatic hydroxyl groups excluding tert-OH is 1. The number of ether oxygens (including phenoxy) is 2. The summed E-state index contributed by atoms with van der Waals surface area (Å²) >= 11 is 0. The van der Waals surface area contributed by atoms with Gasteiger partial charge in [-0.3, -0.25) is 14.1 Å². The van der Waals surface area contributed by atoms with E-state index in [-0.39, 0.29) is 25.6 Å². The highest BCUT2D eigenvalue weighted by Gasteiger charge is 2.22. The third kappa shape index (κ3) is 31.0. The normalized spacial score (nSPS) is 14.1. The molecule has 0 saturated heterocycles. The molecule has 0 radical (unpaired) electrons. The maximum absolute atomic E-state index is 12.2. The molecular formula is C33H55O9P. The first-order valence-electron chi connectivity index (χ1n) is 15.7. The Hall–Kier alpha value is -2.29. The average Bonchev–Trinajstić information content (AvgIpc) is 2.97. The first-order valence-corrected chi connectivity index (χ1v) is 17.2. The highest BCUT2D eigenvalue weighted by Crippen LogP contribution is 2.35. The molecule has 246 valence electrons. The molecule has 0 aromatic carbocycles. The molecule has 10 heteroatoms. The van der Waals surface area contributed by atoms with Gasteiger partial charge in [-0.1, -0.05) is 113 Å². The standard InChI is InChI=1S/C33H55O9P/c1-3-5-6-7-16-21-24-27-33(36)42-31(29-41-43(37,38)39)28-40-32(35)26-23-20-18-15-13-11-9-8-10-12-14-17-19-22-25-30(34)4-2/h9-12,15,17-19,22,25,30-31,34H,3-8,13-14,16,20-21,23-24,26-29H2,1-2H3,(H2,37,38,39)/b11-9-,12-10-,18-15-,19-17-,25-22+/t30-,31+/m0/s1. The van der Waals surface area contributed by atoms with Crippen molar-refractivity contribution in [3.8, 4) is 0 Å². The molecule has 0 bridgehead atoms. The molecule has 0 aromatic rings. The Labute approximate surface area is 259 Å². The Morgan fingerprint density at radius 3 is 1.93 bits per heavy atom. The summed E-state index contributed by atoms with van der Waals surface area (Å²) in [6, 6.07) is 0. The van der Waals surface area contributed by atoms with Crippen molar-refractivity contribution in [1.29, 1.82) is 0 Å². The third-order valence-electron chi connectivity index (χ3n) is 6.21. The van der Waals surface area contributed by atoms with Crippen LogP contribution in [0.4, 0.5) is 0 Å². The largest absolute Gasteiger partial charge is 0.469 e. The van der Waals surface area contributed by atoms with Crippen LogP contribution in [0.5, 0.6) is 0 Å². The number of hydrogen-bond donors (Lipinski definition) is 3. The van der Waals surface area contributed by atoms with Crippen molar-refractivity contribution in [2.24, 2.45) is 0 Å². The summed E-state index contributed by atoms with van der Waals surface area (Å²) in [6.07, 6.45) is 30.7. The van der Waals surface area contributed by atoms with Gasteiger partial charge >= 0.3 is 19.8 Å². The molecule has 0 heterocycles. The van der Waals surface area contributed by atoms with E-state index in [1.165, 1.54) is 19.3 Å². The van der Waals surface area contributed by atoms with Crippen molar-refractivity contribution >= 4 is 19.8 Å². The minimum absolute atomic E-state index is 0.173. The Bertz CT molecular complexity index is 902. The highest BCUT2D eigenvalue weighted by atomic mass is 31.2. The number of unbranched alkanes of at least 4 members (excludes halogenated alkanes) is 7. The maximum Gasteiger partial charge on any atom is 0.469 e. The summed E-state index contributed by atoms with van der Waals surface area (Å²) in [4.78, 5) is 42.2. The summed E-state index contributed by atoms with van der Waals surface area (Å²) in [5.41, 5.74) is 0. The number of rotatable bonds is 27. The second kappa shape index (κ2) is 28.5. The molecule has 9 nitrogen and oxygen atoms in total. The monoisotopic (exact) mass is 626 g/mol. The van der Waals surface area contributed by atoms with Gasteiger partial charge in [-0.05, 0) is 44.9 Å². The lowest BCUT2D eigenvalue weighted by molar-refractivity contribution is -0.161. The lowest BCUT2D eigenvalue weighted by Gasteiger charge is -2.18. The molecule has 2 atom stereocenters. The van der Waals surface area contributed by atoms with Crippen molar-refractivity contribution < 1.29 is 43.0 Å². The van der Waals surface area contributed by atoms with Gasteiger partial charge < -0.3 is 24.4 Å². The molecule has 0 aliphatic carbocycles. The third-order valence-corrected chi connectivity index (χ3v) is 6.69. The zero-order valence-electron chi connectivity index (χ0n) is 26.2. The summed E-state index contributed by atoms with van der Waals surface area (Å²) in [5, 5.41) is 9.42. The number of allylic oxidation sites excluding steroid dienone is 9. The Kier molecular flexibility index (Phi) is 27.0. The molecule has 0 saturated carbocycles. The van der Waals surface area contributed by atoms with Crippen LogP contribution in [0.1, 0.15) is 110 Å². The number of phosphoric acid groups is 1. The van der Waals surface area contributed by atoms with Crippen molar-refractivity contribution in [3.63, 3.8) is 0 Å². The van der Waals surface area contributed by atoms with E-state index in [1.807, 2.05) is 37.3 Å². The predicted molar refractivity (Wildman–Crippen MR) is 171 cm³/mol. The van der Waals surface area contributed by atoms with E-state index >= 15 is 0 Å². The van der Waals surface area contributed by atoms with E-state index in [0.29, 0.717) is 25.7 Å². The molecule has 0 spiro atoms. The molecule has 0 aromatic heterocycles. The molecule has 0 amide bonds. The van der Waals surface area contributed by atoms with Crippen molar-refractivity contribution in [1.82, 2.24) is 0 Å². The average molecular weight is 627 g/mol. The van der Waals surface area contributed by atoms with Crippen LogP contribution >= 0.6 is 7.82 Å². The minimum Gasteiger partial charge on any atom is -0.462 e. The highest BCUT2D eigenvalue weighted by molar-refractivity contribution is 7.46. The first-order chi connectivity index (χ1) is 20.7. The fourth-order valence-electron chi connectivity index (χ4n) is 3.71. The number of carbonyl (C=O) groups excluding carboxylic acids is 2. The second-order valence-corrected chi connectivity index (χ2v) is 11.5. The Balaban J connectivity index is 4.15. The van der Waals surface area contributed by atoms with Gasteiger partial charge in [0.05, 0.1) is 12.7 Å². The topological polar surface area (TPSA) is 140 Å². The van der Waals surface area contributed by atoms with Gasteiger partial charge in [0, 0.05) is 12.8 Å². The summed E-state index contributed by atoms with van der Waals surface area (Å²) < 4.78 is 26.0. The van der Waals surface area contributed by atoms with Gasteiger partial charge in [-0.2, -0.15) is 0 Å². The van der Waals surface area contributed by atoms with E-state index in [4.69, 9.17) is 19.3 Å². The second-order valence-electron chi connectivity index (χ2n) is 10.3.